The minimum Gasteiger partial charge on any atom is -0.420 e. The van der Waals surface area contributed by atoms with Crippen molar-refractivity contribution in [2.45, 2.75) is 19.3 Å². The van der Waals surface area contributed by atoms with Gasteiger partial charge in [0, 0.05) is 45.4 Å². The summed E-state index contributed by atoms with van der Waals surface area (Å²) >= 11 is 0. The molecule has 0 saturated carbocycles. The first-order valence-electron chi connectivity index (χ1n) is 7.41. The summed E-state index contributed by atoms with van der Waals surface area (Å²) in [7, 11) is 4.00. The highest BCUT2D eigenvalue weighted by molar-refractivity contribution is 5.73. The van der Waals surface area contributed by atoms with Gasteiger partial charge < -0.3 is 14.2 Å². The smallest absolute Gasteiger partial charge is 0.247 e. The Morgan fingerprint density at radius 2 is 2.00 bits per heavy atom. The fourth-order valence-electron chi connectivity index (χ4n) is 2.67. The second-order valence-electron chi connectivity index (χ2n) is 5.84. The number of amides is 1. The lowest BCUT2D eigenvalue weighted by Crippen LogP contribution is -2.25. The Hall–Kier alpha value is -2.37. The first kappa shape index (κ1) is 14.6. The quantitative estimate of drug-likeness (QED) is 0.869. The van der Waals surface area contributed by atoms with E-state index in [1.165, 1.54) is 0 Å². The van der Waals surface area contributed by atoms with Crippen LogP contribution in [0.3, 0.4) is 0 Å². The predicted octanol–water partition coefficient (Wildman–Crippen LogP) is 2.14. The first-order chi connectivity index (χ1) is 10.5. The summed E-state index contributed by atoms with van der Waals surface area (Å²) in [4.78, 5) is 15.3. The van der Waals surface area contributed by atoms with E-state index in [4.69, 9.17) is 4.42 Å². The van der Waals surface area contributed by atoms with E-state index in [1.807, 2.05) is 48.2 Å². The van der Waals surface area contributed by atoms with Crippen LogP contribution < -0.4 is 4.90 Å². The molecule has 1 unspecified atom stereocenters. The zero-order chi connectivity index (χ0) is 15.7. The first-order valence-corrected chi connectivity index (χ1v) is 7.41. The van der Waals surface area contributed by atoms with E-state index in [0.29, 0.717) is 18.3 Å². The minimum atomic E-state index is 0.0986. The van der Waals surface area contributed by atoms with Gasteiger partial charge >= 0.3 is 0 Å². The van der Waals surface area contributed by atoms with Crippen molar-refractivity contribution in [1.82, 2.24) is 15.1 Å². The molecule has 1 aromatic heterocycles. The van der Waals surface area contributed by atoms with E-state index in [-0.39, 0.29) is 11.8 Å². The van der Waals surface area contributed by atoms with E-state index in [0.717, 1.165) is 24.2 Å². The molecule has 1 fully saturated rings. The number of carbonyl (C=O) groups is 1. The minimum absolute atomic E-state index is 0.0986. The number of hydrogen-bond donors (Lipinski definition) is 0. The molecule has 6 heteroatoms. The Morgan fingerprint density at radius 1 is 1.27 bits per heavy atom. The summed E-state index contributed by atoms with van der Waals surface area (Å²) in [6.07, 6.45) is 0.876. The van der Waals surface area contributed by atoms with Gasteiger partial charge in [-0.25, -0.2) is 0 Å². The molecule has 1 aromatic carbocycles. The maximum atomic E-state index is 11.4. The average Bonchev–Trinajstić information content (AvgIpc) is 3.16. The number of likely N-dealkylation sites (tertiary alicyclic amines) is 1. The topological polar surface area (TPSA) is 62.5 Å². The SMILES string of the molecule is CC(=O)N1CCC(c2nnc(-c3ccc(N(C)C)cc3)o2)C1. The van der Waals surface area contributed by atoms with Crippen LogP contribution in [0, 0.1) is 0 Å². The Morgan fingerprint density at radius 3 is 2.59 bits per heavy atom. The van der Waals surface area contributed by atoms with E-state index in [1.54, 1.807) is 6.92 Å². The highest BCUT2D eigenvalue weighted by atomic mass is 16.4. The van der Waals surface area contributed by atoms with Gasteiger partial charge in [-0.3, -0.25) is 4.79 Å². The molecule has 1 saturated heterocycles. The van der Waals surface area contributed by atoms with Crippen molar-refractivity contribution in [2.24, 2.45) is 0 Å². The molecule has 1 aliphatic heterocycles. The van der Waals surface area contributed by atoms with Gasteiger partial charge in [-0.1, -0.05) is 0 Å². The Kier molecular flexibility index (Phi) is 3.83. The van der Waals surface area contributed by atoms with Crippen molar-refractivity contribution in [3.63, 3.8) is 0 Å². The monoisotopic (exact) mass is 300 g/mol. The molecular weight excluding hydrogens is 280 g/mol. The molecule has 0 N–H and O–H groups in total. The summed E-state index contributed by atoms with van der Waals surface area (Å²) in [5.41, 5.74) is 2.03. The van der Waals surface area contributed by atoms with Crippen molar-refractivity contribution in [3.05, 3.63) is 30.2 Å². The maximum Gasteiger partial charge on any atom is 0.247 e. The summed E-state index contributed by atoms with van der Waals surface area (Å²) in [6.45, 7) is 3.01. The molecule has 1 amide bonds. The van der Waals surface area contributed by atoms with Crippen LogP contribution in [-0.2, 0) is 4.79 Å². The highest BCUT2D eigenvalue weighted by Crippen LogP contribution is 2.29. The predicted molar refractivity (Wildman–Crippen MR) is 83.7 cm³/mol. The number of hydrogen-bond acceptors (Lipinski definition) is 5. The van der Waals surface area contributed by atoms with Gasteiger partial charge in [0.1, 0.15) is 0 Å². The molecule has 22 heavy (non-hydrogen) atoms. The second-order valence-corrected chi connectivity index (χ2v) is 5.84. The van der Waals surface area contributed by atoms with Crippen LogP contribution in [0.4, 0.5) is 5.69 Å². The van der Waals surface area contributed by atoms with Crippen LogP contribution in [0.5, 0.6) is 0 Å². The third-order valence-corrected chi connectivity index (χ3v) is 4.05. The van der Waals surface area contributed by atoms with E-state index in [9.17, 15) is 4.79 Å². The van der Waals surface area contributed by atoms with Crippen LogP contribution in [0.15, 0.2) is 28.7 Å². The van der Waals surface area contributed by atoms with Crippen LogP contribution in [0.2, 0.25) is 0 Å². The van der Waals surface area contributed by atoms with Gasteiger partial charge in [-0.15, -0.1) is 10.2 Å². The van der Waals surface area contributed by atoms with Gasteiger partial charge in [0.05, 0.1) is 5.92 Å². The third kappa shape index (κ3) is 2.81. The molecule has 0 bridgehead atoms. The van der Waals surface area contributed by atoms with Gasteiger partial charge in [0.2, 0.25) is 17.7 Å². The fourth-order valence-corrected chi connectivity index (χ4v) is 2.67. The van der Waals surface area contributed by atoms with E-state index < -0.39 is 0 Å². The van der Waals surface area contributed by atoms with Crippen molar-refractivity contribution in [2.75, 3.05) is 32.1 Å². The molecule has 1 aliphatic rings. The zero-order valence-corrected chi connectivity index (χ0v) is 13.1. The molecule has 0 aliphatic carbocycles. The number of nitrogens with zero attached hydrogens (tertiary/aromatic N) is 4. The van der Waals surface area contributed by atoms with Crippen LogP contribution >= 0.6 is 0 Å². The molecule has 6 nitrogen and oxygen atoms in total. The van der Waals surface area contributed by atoms with E-state index in [2.05, 4.69) is 10.2 Å². The Balaban J connectivity index is 1.75. The van der Waals surface area contributed by atoms with Gasteiger partial charge in [-0.05, 0) is 30.7 Å². The summed E-state index contributed by atoms with van der Waals surface area (Å²) in [5.74, 6) is 1.39. The molecule has 116 valence electrons. The third-order valence-electron chi connectivity index (χ3n) is 4.05. The molecule has 0 spiro atoms. The number of anilines is 1. The number of carbonyl (C=O) groups excluding carboxylic acids is 1. The summed E-state index contributed by atoms with van der Waals surface area (Å²) in [5, 5.41) is 8.30. The lowest BCUT2D eigenvalue weighted by Gasteiger charge is -2.12. The Labute approximate surface area is 129 Å². The largest absolute Gasteiger partial charge is 0.420 e. The molecule has 2 aromatic rings. The molecule has 1 atom stereocenters. The lowest BCUT2D eigenvalue weighted by atomic mass is 10.1. The molecule has 3 rings (SSSR count). The lowest BCUT2D eigenvalue weighted by molar-refractivity contribution is -0.127. The van der Waals surface area contributed by atoms with Crippen LogP contribution in [-0.4, -0.2) is 48.2 Å². The normalized spacial score (nSPS) is 17.8. The van der Waals surface area contributed by atoms with E-state index >= 15 is 0 Å². The highest BCUT2D eigenvalue weighted by Gasteiger charge is 2.29. The van der Waals surface area contributed by atoms with Crippen molar-refractivity contribution in [3.8, 4) is 11.5 Å². The molecule has 2 heterocycles. The van der Waals surface area contributed by atoms with Crippen molar-refractivity contribution in [1.29, 1.82) is 0 Å². The summed E-state index contributed by atoms with van der Waals surface area (Å²) < 4.78 is 5.81. The second kappa shape index (κ2) is 5.79. The number of benzene rings is 1. The molecular formula is C16H20N4O2. The Bertz CT molecular complexity index is 663. The number of aromatic nitrogens is 2. The van der Waals surface area contributed by atoms with Crippen molar-refractivity contribution >= 4 is 11.6 Å². The fraction of sp³-hybridized carbons (Fsp3) is 0.438. The van der Waals surface area contributed by atoms with Crippen LogP contribution in [0.1, 0.15) is 25.2 Å². The van der Waals surface area contributed by atoms with Gasteiger partial charge in [0.15, 0.2) is 0 Å². The van der Waals surface area contributed by atoms with Gasteiger partial charge in [0.25, 0.3) is 0 Å². The number of rotatable bonds is 3. The zero-order valence-electron chi connectivity index (χ0n) is 13.1. The standard InChI is InChI=1S/C16H20N4O2/c1-11(21)20-9-8-13(10-20)16-18-17-15(22-16)12-4-6-14(7-5-12)19(2)3/h4-7,13H,8-10H2,1-3H3. The van der Waals surface area contributed by atoms with Crippen molar-refractivity contribution < 1.29 is 9.21 Å². The average molecular weight is 300 g/mol. The summed E-state index contributed by atoms with van der Waals surface area (Å²) in [6, 6.07) is 7.99. The van der Waals surface area contributed by atoms with Crippen LogP contribution in [0.25, 0.3) is 11.5 Å². The molecule has 0 radical (unpaired) electrons. The van der Waals surface area contributed by atoms with Gasteiger partial charge in [-0.2, -0.15) is 0 Å². The maximum absolute atomic E-state index is 11.4.